The van der Waals surface area contributed by atoms with E-state index < -0.39 is 0 Å². The Morgan fingerprint density at radius 3 is 2.95 bits per heavy atom. The van der Waals surface area contributed by atoms with Gasteiger partial charge in [0.2, 0.25) is 11.7 Å². The zero-order valence-corrected chi connectivity index (χ0v) is 11.4. The molecule has 3 rings (SSSR count). The Bertz CT molecular complexity index is 570. The quantitative estimate of drug-likeness (QED) is 0.843. The van der Waals surface area contributed by atoms with Gasteiger partial charge in [-0.05, 0) is 24.5 Å². The van der Waals surface area contributed by atoms with Crippen LogP contribution in [0.1, 0.15) is 25.2 Å². The van der Waals surface area contributed by atoms with Crippen molar-refractivity contribution in [2.24, 2.45) is 5.92 Å². The maximum Gasteiger partial charge on any atom is 0.230 e. The molecule has 1 aliphatic heterocycles. The monoisotopic (exact) mass is 278 g/mol. The molecular formula is C14H15ClN2O2. The first-order chi connectivity index (χ1) is 9.25. The van der Waals surface area contributed by atoms with Gasteiger partial charge in [-0.2, -0.15) is 4.98 Å². The molecule has 1 fully saturated rings. The van der Waals surface area contributed by atoms with Gasteiger partial charge in [0.15, 0.2) is 0 Å². The lowest BCUT2D eigenvalue weighted by molar-refractivity contribution is 0.0392. The highest BCUT2D eigenvalue weighted by Gasteiger charge is 2.28. The first kappa shape index (κ1) is 12.6. The highest BCUT2D eigenvalue weighted by molar-refractivity contribution is 6.33. The van der Waals surface area contributed by atoms with Gasteiger partial charge < -0.3 is 9.26 Å². The smallest absolute Gasteiger partial charge is 0.230 e. The second-order valence-corrected chi connectivity index (χ2v) is 5.29. The van der Waals surface area contributed by atoms with Gasteiger partial charge in [0.25, 0.3) is 0 Å². The molecule has 2 unspecified atom stereocenters. The van der Waals surface area contributed by atoms with E-state index in [0.29, 0.717) is 22.7 Å². The van der Waals surface area contributed by atoms with Crippen molar-refractivity contribution in [1.82, 2.24) is 10.1 Å². The summed E-state index contributed by atoms with van der Waals surface area (Å²) >= 11 is 6.14. The van der Waals surface area contributed by atoms with E-state index in [1.807, 2.05) is 24.3 Å². The van der Waals surface area contributed by atoms with Crippen molar-refractivity contribution < 1.29 is 9.26 Å². The highest BCUT2D eigenvalue weighted by atomic mass is 35.5. The van der Waals surface area contributed by atoms with Crippen LogP contribution in [0.4, 0.5) is 0 Å². The summed E-state index contributed by atoms with van der Waals surface area (Å²) < 4.78 is 10.8. The van der Waals surface area contributed by atoms with E-state index in [0.717, 1.165) is 25.2 Å². The number of rotatable bonds is 2. The molecule has 1 aromatic heterocycles. The molecule has 0 aliphatic carbocycles. The molecule has 4 nitrogen and oxygen atoms in total. The Balaban J connectivity index is 1.89. The van der Waals surface area contributed by atoms with Crippen LogP contribution in [0.15, 0.2) is 28.8 Å². The zero-order chi connectivity index (χ0) is 13.2. The standard InChI is InChI=1S/C14H15ClN2O2/c1-9-8-18-7-6-10(9)14-16-13(17-19-14)11-4-2-3-5-12(11)15/h2-5,9-10H,6-8H2,1H3. The maximum absolute atomic E-state index is 6.14. The molecule has 0 N–H and O–H groups in total. The van der Waals surface area contributed by atoms with Gasteiger partial charge in [0.05, 0.1) is 5.02 Å². The van der Waals surface area contributed by atoms with Crippen LogP contribution in [-0.4, -0.2) is 23.4 Å². The Morgan fingerprint density at radius 1 is 1.32 bits per heavy atom. The van der Waals surface area contributed by atoms with Gasteiger partial charge in [0, 0.05) is 24.7 Å². The third-order valence-electron chi connectivity index (χ3n) is 3.51. The van der Waals surface area contributed by atoms with E-state index in [2.05, 4.69) is 17.1 Å². The Labute approximate surface area is 116 Å². The molecule has 0 radical (unpaired) electrons. The van der Waals surface area contributed by atoms with E-state index in [9.17, 15) is 0 Å². The minimum atomic E-state index is 0.275. The van der Waals surface area contributed by atoms with Gasteiger partial charge in [-0.15, -0.1) is 0 Å². The van der Waals surface area contributed by atoms with Crippen molar-refractivity contribution in [1.29, 1.82) is 0 Å². The summed E-state index contributed by atoms with van der Waals surface area (Å²) in [7, 11) is 0. The predicted molar refractivity (Wildman–Crippen MR) is 72.1 cm³/mol. The zero-order valence-electron chi connectivity index (χ0n) is 10.7. The van der Waals surface area contributed by atoms with Crippen LogP contribution in [0.25, 0.3) is 11.4 Å². The Hall–Kier alpha value is -1.39. The van der Waals surface area contributed by atoms with Gasteiger partial charge in [-0.25, -0.2) is 0 Å². The lowest BCUT2D eigenvalue weighted by Gasteiger charge is -2.25. The summed E-state index contributed by atoms with van der Waals surface area (Å²) in [4.78, 5) is 4.50. The van der Waals surface area contributed by atoms with Crippen LogP contribution in [0.2, 0.25) is 5.02 Å². The molecule has 5 heteroatoms. The maximum atomic E-state index is 6.14. The highest BCUT2D eigenvalue weighted by Crippen LogP contribution is 2.32. The van der Waals surface area contributed by atoms with Gasteiger partial charge >= 0.3 is 0 Å². The molecule has 0 spiro atoms. The van der Waals surface area contributed by atoms with E-state index in [1.165, 1.54) is 0 Å². The normalized spacial score (nSPS) is 23.5. The molecule has 1 aliphatic rings. The minimum Gasteiger partial charge on any atom is -0.381 e. The van der Waals surface area contributed by atoms with Gasteiger partial charge in [0.1, 0.15) is 0 Å². The summed E-state index contributed by atoms with van der Waals surface area (Å²) in [6.07, 6.45) is 0.922. The van der Waals surface area contributed by atoms with Crippen LogP contribution in [0.3, 0.4) is 0 Å². The first-order valence-electron chi connectivity index (χ1n) is 6.42. The second-order valence-electron chi connectivity index (χ2n) is 4.88. The van der Waals surface area contributed by atoms with Crippen molar-refractivity contribution >= 4 is 11.6 Å². The molecular weight excluding hydrogens is 264 g/mol. The van der Waals surface area contributed by atoms with E-state index in [-0.39, 0.29) is 5.92 Å². The molecule has 0 amide bonds. The molecule has 0 bridgehead atoms. The number of benzene rings is 1. The lowest BCUT2D eigenvalue weighted by Crippen LogP contribution is -2.23. The molecule has 2 heterocycles. The Kier molecular flexibility index (Phi) is 3.53. The lowest BCUT2D eigenvalue weighted by atomic mass is 9.90. The number of aromatic nitrogens is 2. The van der Waals surface area contributed by atoms with Gasteiger partial charge in [-0.3, -0.25) is 0 Å². The first-order valence-corrected chi connectivity index (χ1v) is 6.80. The fourth-order valence-electron chi connectivity index (χ4n) is 2.38. The van der Waals surface area contributed by atoms with Crippen molar-refractivity contribution in [3.63, 3.8) is 0 Å². The SMILES string of the molecule is CC1COCCC1c1nc(-c2ccccc2Cl)no1. The fraction of sp³-hybridized carbons (Fsp3) is 0.429. The summed E-state index contributed by atoms with van der Waals surface area (Å²) in [5.41, 5.74) is 0.805. The van der Waals surface area contributed by atoms with Crippen molar-refractivity contribution in [3.05, 3.63) is 35.2 Å². The van der Waals surface area contributed by atoms with Gasteiger partial charge in [-0.1, -0.05) is 35.8 Å². The summed E-state index contributed by atoms with van der Waals surface area (Å²) in [5, 5.41) is 4.68. The topological polar surface area (TPSA) is 48.2 Å². The molecule has 0 saturated carbocycles. The molecule has 1 aromatic carbocycles. The van der Waals surface area contributed by atoms with Crippen molar-refractivity contribution in [2.75, 3.05) is 13.2 Å². The predicted octanol–water partition coefficient (Wildman–Crippen LogP) is 3.53. The molecule has 19 heavy (non-hydrogen) atoms. The minimum absolute atomic E-state index is 0.275. The third-order valence-corrected chi connectivity index (χ3v) is 3.84. The number of nitrogens with zero attached hydrogens (tertiary/aromatic N) is 2. The van der Waals surface area contributed by atoms with Crippen molar-refractivity contribution in [2.45, 2.75) is 19.3 Å². The number of ether oxygens (including phenoxy) is 1. The molecule has 2 aromatic rings. The van der Waals surface area contributed by atoms with E-state index in [1.54, 1.807) is 0 Å². The largest absolute Gasteiger partial charge is 0.381 e. The molecule has 2 atom stereocenters. The van der Waals surface area contributed by atoms with Crippen molar-refractivity contribution in [3.8, 4) is 11.4 Å². The van der Waals surface area contributed by atoms with Crippen LogP contribution in [0.5, 0.6) is 0 Å². The van der Waals surface area contributed by atoms with Crippen LogP contribution in [-0.2, 0) is 4.74 Å². The number of halogens is 1. The Morgan fingerprint density at radius 2 is 2.16 bits per heavy atom. The molecule has 100 valence electrons. The number of hydrogen-bond acceptors (Lipinski definition) is 4. The van der Waals surface area contributed by atoms with Crippen LogP contribution < -0.4 is 0 Å². The fourth-order valence-corrected chi connectivity index (χ4v) is 2.61. The average Bonchev–Trinajstić information content (AvgIpc) is 2.89. The molecule has 1 saturated heterocycles. The average molecular weight is 279 g/mol. The number of hydrogen-bond donors (Lipinski definition) is 0. The van der Waals surface area contributed by atoms with Crippen LogP contribution in [0, 0.1) is 5.92 Å². The third kappa shape index (κ3) is 2.51. The van der Waals surface area contributed by atoms with Crippen LogP contribution >= 0.6 is 11.6 Å². The summed E-state index contributed by atoms with van der Waals surface area (Å²) in [5.74, 6) is 1.91. The summed E-state index contributed by atoms with van der Waals surface area (Å²) in [6, 6.07) is 7.51. The van der Waals surface area contributed by atoms with E-state index in [4.69, 9.17) is 20.9 Å². The second kappa shape index (κ2) is 5.31. The summed E-state index contributed by atoms with van der Waals surface area (Å²) in [6.45, 7) is 3.64. The van der Waals surface area contributed by atoms with E-state index >= 15 is 0 Å².